The Morgan fingerprint density at radius 1 is 1.29 bits per heavy atom. The Kier molecular flexibility index (Phi) is 4.42. The molecule has 1 heterocycles. The minimum Gasteiger partial charge on any atom is -0.306 e. The van der Waals surface area contributed by atoms with Crippen LogP contribution in [0.3, 0.4) is 0 Å². The largest absolute Gasteiger partial charge is 0.306 e. The highest BCUT2D eigenvalue weighted by molar-refractivity contribution is 5.22. The number of hydrogen-bond acceptors (Lipinski definition) is 2. The lowest BCUT2D eigenvalue weighted by atomic mass is 10.1. The molecule has 5 heteroatoms. The maximum atomic E-state index is 13.7. The van der Waals surface area contributed by atoms with Crippen molar-refractivity contribution in [3.63, 3.8) is 0 Å². The summed E-state index contributed by atoms with van der Waals surface area (Å²) in [6.45, 7) is 8.57. The molecule has 1 aromatic carbocycles. The van der Waals surface area contributed by atoms with Gasteiger partial charge in [-0.05, 0) is 45.9 Å². The van der Waals surface area contributed by atoms with Gasteiger partial charge in [0.1, 0.15) is 11.6 Å². The second-order valence-electron chi connectivity index (χ2n) is 6.23. The third-order valence-electron chi connectivity index (χ3n) is 3.36. The van der Waals surface area contributed by atoms with E-state index in [-0.39, 0.29) is 11.6 Å². The van der Waals surface area contributed by atoms with Crippen molar-refractivity contribution in [2.45, 2.75) is 45.8 Å². The smallest absolute Gasteiger partial charge is 0.128 e. The molecule has 114 valence electrons. The second kappa shape index (κ2) is 5.93. The van der Waals surface area contributed by atoms with Crippen LogP contribution in [0.5, 0.6) is 0 Å². The summed E-state index contributed by atoms with van der Waals surface area (Å²) in [5, 5.41) is 7.50. The molecule has 0 amide bonds. The predicted molar refractivity (Wildman–Crippen MR) is 78.8 cm³/mol. The van der Waals surface area contributed by atoms with Crippen LogP contribution in [-0.4, -0.2) is 9.78 Å². The molecule has 0 saturated carbocycles. The lowest BCUT2D eigenvalue weighted by Gasteiger charge is -2.19. The molecule has 0 fully saturated rings. The first kappa shape index (κ1) is 15.6. The van der Waals surface area contributed by atoms with Gasteiger partial charge in [0.25, 0.3) is 0 Å². The number of halogens is 2. The summed E-state index contributed by atoms with van der Waals surface area (Å²) in [6, 6.07) is 3.23. The fraction of sp³-hybridized carbons (Fsp3) is 0.438. The molecule has 1 unspecified atom stereocenters. The number of hydrogen-bond donors (Lipinski definition) is 1. The maximum absolute atomic E-state index is 13.7. The Morgan fingerprint density at radius 3 is 2.62 bits per heavy atom. The van der Waals surface area contributed by atoms with Crippen molar-refractivity contribution in [2.75, 3.05) is 0 Å². The van der Waals surface area contributed by atoms with Gasteiger partial charge in [0.15, 0.2) is 0 Å². The molecular formula is C16H21F2N3. The first-order valence-corrected chi connectivity index (χ1v) is 7.00. The van der Waals surface area contributed by atoms with E-state index in [4.69, 9.17) is 0 Å². The molecule has 21 heavy (non-hydrogen) atoms. The summed E-state index contributed by atoms with van der Waals surface area (Å²) < 4.78 is 28.8. The molecule has 0 spiro atoms. The molecule has 0 aliphatic rings. The van der Waals surface area contributed by atoms with E-state index in [1.807, 2.05) is 17.8 Å². The van der Waals surface area contributed by atoms with E-state index in [9.17, 15) is 8.78 Å². The van der Waals surface area contributed by atoms with Crippen molar-refractivity contribution in [3.8, 4) is 0 Å². The van der Waals surface area contributed by atoms with Crippen LogP contribution in [0.4, 0.5) is 8.78 Å². The van der Waals surface area contributed by atoms with Crippen LogP contribution in [-0.2, 0) is 12.1 Å². The number of nitrogens with zero attached hydrogens (tertiary/aromatic N) is 2. The molecular weight excluding hydrogens is 272 g/mol. The van der Waals surface area contributed by atoms with E-state index < -0.39 is 11.6 Å². The van der Waals surface area contributed by atoms with Crippen LogP contribution in [0, 0.1) is 11.6 Å². The van der Waals surface area contributed by atoms with Crippen LogP contribution >= 0.6 is 0 Å². The fourth-order valence-corrected chi connectivity index (χ4v) is 2.05. The van der Waals surface area contributed by atoms with Gasteiger partial charge in [-0.2, -0.15) is 5.10 Å². The Balaban J connectivity index is 2.02. The number of nitrogens with one attached hydrogen (secondary N) is 1. The van der Waals surface area contributed by atoms with Crippen molar-refractivity contribution in [1.82, 2.24) is 15.1 Å². The molecule has 1 aromatic heterocycles. The Morgan fingerprint density at radius 2 is 2.00 bits per heavy atom. The van der Waals surface area contributed by atoms with E-state index >= 15 is 0 Å². The number of rotatable bonds is 4. The van der Waals surface area contributed by atoms with Gasteiger partial charge >= 0.3 is 0 Å². The quantitative estimate of drug-likeness (QED) is 0.930. The Hall–Kier alpha value is -1.75. The standard InChI is InChI=1S/C16H21F2N3/c1-11(14-7-13(17)5-6-15(14)18)19-8-12-9-20-21(10-12)16(2,3)4/h5-7,9-11,19H,8H2,1-4H3. The van der Waals surface area contributed by atoms with Gasteiger partial charge in [-0.1, -0.05) is 0 Å². The molecule has 0 radical (unpaired) electrons. The van der Waals surface area contributed by atoms with Crippen molar-refractivity contribution in [3.05, 3.63) is 53.4 Å². The van der Waals surface area contributed by atoms with Gasteiger partial charge in [0, 0.05) is 29.9 Å². The first-order chi connectivity index (χ1) is 9.77. The van der Waals surface area contributed by atoms with E-state index in [0.29, 0.717) is 12.1 Å². The molecule has 2 aromatic rings. The number of benzene rings is 1. The van der Waals surface area contributed by atoms with Crippen LogP contribution in [0.25, 0.3) is 0 Å². The van der Waals surface area contributed by atoms with Crippen molar-refractivity contribution in [2.24, 2.45) is 0 Å². The third kappa shape index (κ3) is 3.88. The SMILES string of the molecule is CC(NCc1cnn(C(C)(C)C)c1)c1cc(F)ccc1F. The highest BCUT2D eigenvalue weighted by Gasteiger charge is 2.15. The molecule has 2 rings (SSSR count). The van der Waals surface area contributed by atoms with Crippen molar-refractivity contribution in [1.29, 1.82) is 0 Å². The van der Waals surface area contributed by atoms with Gasteiger partial charge in [-0.25, -0.2) is 8.78 Å². The minimum absolute atomic E-state index is 0.0709. The Bertz CT molecular complexity index is 614. The van der Waals surface area contributed by atoms with Gasteiger partial charge < -0.3 is 5.32 Å². The third-order valence-corrected chi connectivity index (χ3v) is 3.36. The van der Waals surface area contributed by atoms with E-state index in [0.717, 1.165) is 17.7 Å². The van der Waals surface area contributed by atoms with E-state index in [2.05, 4.69) is 31.2 Å². The topological polar surface area (TPSA) is 29.9 Å². The molecule has 3 nitrogen and oxygen atoms in total. The zero-order valence-corrected chi connectivity index (χ0v) is 12.8. The van der Waals surface area contributed by atoms with Crippen LogP contribution in [0.15, 0.2) is 30.6 Å². The average Bonchev–Trinajstić information content (AvgIpc) is 2.87. The highest BCUT2D eigenvalue weighted by Crippen LogP contribution is 2.19. The summed E-state index contributed by atoms with van der Waals surface area (Å²) in [4.78, 5) is 0. The molecule has 0 bridgehead atoms. The summed E-state index contributed by atoms with van der Waals surface area (Å²) in [7, 11) is 0. The lowest BCUT2D eigenvalue weighted by Crippen LogP contribution is -2.22. The monoisotopic (exact) mass is 293 g/mol. The van der Waals surface area contributed by atoms with Gasteiger partial charge in [0.2, 0.25) is 0 Å². The zero-order valence-electron chi connectivity index (χ0n) is 12.8. The summed E-state index contributed by atoms with van der Waals surface area (Å²) in [5.74, 6) is -0.831. The second-order valence-corrected chi connectivity index (χ2v) is 6.23. The van der Waals surface area contributed by atoms with Gasteiger partial charge in [-0.15, -0.1) is 0 Å². The molecule has 1 N–H and O–H groups in total. The molecule has 0 saturated heterocycles. The average molecular weight is 293 g/mol. The van der Waals surface area contributed by atoms with Crippen LogP contribution in [0.2, 0.25) is 0 Å². The predicted octanol–water partition coefficient (Wildman–Crippen LogP) is 3.77. The minimum atomic E-state index is -0.430. The molecule has 0 aliphatic carbocycles. The van der Waals surface area contributed by atoms with Crippen LogP contribution in [0.1, 0.15) is 44.9 Å². The molecule has 1 atom stereocenters. The van der Waals surface area contributed by atoms with Crippen molar-refractivity contribution < 1.29 is 8.78 Å². The van der Waals surface area contributed by atoms with E-state index in [1.165, 1.54) is 6.07 Å². The zero-order chi connectivity index (χ0) is 15.6. The fourth-order valence-electron chi connectivity index (χ4n) is 2.05. The lowest BCUT2D eigenvalue weighted by molar-refractivity contribution is 0.355. The summed E-state index contributed by atoms with van der Waals surface area (Å²) in [5.41, 5.74) is 1.27. The first-order valence-electron chi connectivity index (χ1n) is 7.00. The molecule has 0 aliphatic heterocycles. The highest BCUT2D eigenvalue weighted by atomic mass is 19.1. The van der Waals surface area contributed by atoms with Gasteiger partial charge in [0.05, 0.1) is 11.7 Å². The van der Waals surface area contributed by atoms with Crippen molar-refractivity contribution >= 4 is 0 Å². The summed E-state index contributed by atoms with van der Waals surface area (Å²) in [6.07, 6.45) is 3.74. The van der Waals surface area contributed by atoms with E-state index in [1.54, 1.807) is 6.20 Å². The normalized spacial score (nSPS) is 13.4. The van der Waals surface area contributed by atoms with Crippen LogP contribution < -0.4 is 5.32 Å². The maximum Gasteiger partial charge on any atom is 0.128 e. The summed E-state index contributed by atoms with van der Waals surface area (Å²) >= 11 is 0. The van der Waals surface area contributed by atoms with Gasteiger partial charge in [-0.3, -0.25) is 4.68 Å². The number of aromatic nitrogens is 2. The Labute approximate surface area is 124 Å².